The van der Waals surface area contributed by atoms with E-state index in [-0.39, 0.29) is 5.97 Å². The van der Waals surface area contributed by atoms with Crippen LogP contribution < -0.4 is 5.32 Å². The molecule has 4 heteroatoms. The van der Waals surface area contributed by atoms with E-state index in [0.29, 0.717) is 12.3 Å². The molecule has 1 unspecified atom stereocenters. The fourth-order valence-electron chi connectivity index (χ4n) is 2.26. The first kappa shape index (κ1) is 13.4. The third kappa shape index (κ3) is 2.52. The quantitative estimate of drug-likeness (QED) is 0.857. The normalized spacial score (nSPS) is 19.6. The lowest BCUT2D eigenvalue weighted by atomic mass is 10.1. The molecule has 1 heterocycles. The molecule has 0 radical (unpaired) electrons. The first-order valence-corrected chi connectivity index (χ1v) is 6.92. The number of ether oxygens (including phenoxy) is 1. The fourth-order valence-corrected chi connectivity index (χ4v) is 2.26. The highest BCUT2D eigenvalue weighted by Crippen LogP contribution is 2.35. The molecule has 21 heavy (non-hydrogen) atoms. The van der Waals surface area contributed by atoms with Crippen molar-refractivity contribution < 1.29 is 9.53 Å². The van der Waals surface area contributed by atoms with E-state index < -0.39 is 5.66 Å². The van der Waals surface area contributed by atoms with Gasteiger partial charge in [-0.15, -0.1) is 0 Å². The number of carbonyl (C=O) groups excluding carboxylic acids is 1. The van der Waals surface area contributed by atoms with E-state index in [4.69, 9.17) is 4.74 Å². The number of hydrogen-bond donors (Lipinski definition) is 1. The summed E-state index contributed by atoms with van der Waals surface area (Å²) >= 11 is 0. The van der Waals surface area contributed by atoms with Crippen molar-refractivity contribution in [2.45, 2.75) is 12.6 Å². The van der Waals surface area contributed by atoms with Crippen molar-refractivity contribution in [3.8, 4) is 0 Å². The number of carbonyl (C=O) groups is 1. The Morgan fingerprint density at radius 2 is 1.71 bits per heavy atom. The highest BCUT2D eigenvalue weighted by Gasteiger charge is 2.56. The van der Waals surface area contributed by atoms with Crippen LogP contribution in [0.2, 0.25) is 0 Å². The van der Waals surface area contributed by atoms with Gasteiger partial charge in [-0.25, -0.2) is 9.79 Å². The molecule has 1 N–H and O–H groups in total. The van der Waals surface area contributed by atoms with Crippen molar-refractivity contribution in [1.82, 2.24) is 0 Å². The predicted molar refractivity (Wildman–Crippen MR) is 82.4 cm³/mol. The van der Waals surface area contributed by atoms with Gasteiger partial charge in [0, 0.05) is 11.3 Å². The van der Waals surface area contributed by atoms with E-state index in [1.54, 1.807) is 6.92 Å². The second-order valence-electron chi connectivity index (χ2n) is 4.75. The summed E-state index contributed by atoms with van der Waals surface area (Å²) in [5.41, 5.74) is 1.39. The van der Waals surface area contributed by atoms with E-state index >= 15 is 0 Å². The largest absolute Gasteiger partial charge is 0.462 e. The van der Waals surface area contributed by atoms with Crippen LogP contribution in [-0.2, 0) is 9.53 Å². The lowest BCUT2D eigenvalue weighted by Crippen LogP contribution is -2.40. The fraction of sp³-hybridized carbons (Fsp3) is 0.176. The highest BCUT2D eigenvalue weighted by atomic mass is 16.5. The number of para-hydroxylation sites is 1. The summed E-state index contributed by atoms with van der Waals surface area (Å²) in [5, 5.41) is 3.18. The number of aliphatic imine (C=N–C) groups is 1. The molecule has 0 saturated heterocycles. The molecule has 0 bridgehead atoms. The van der Waals surface area contributed by atoms with Gasteiger partial charge < -0.3 is 10.1 Å². The number of esters is 1. The molecule has 4 nitrogen and oxygen atoms in total. The molecular formula is C17H16N2O2. The van der Waals surface area contributed by atoms with E-state index in [9.17, 15) is 4.79 Å². The van der Waals surface area contributed by atoms with Gasteiger partial charge in [0.2, 0.25) is 0 Å². The Morgan fingerprint density at radius 1 is 1.10 bits per heavy atom. The third-order valence-corrected chi connectivity index (χ3v) is 3.29. The van der Waals surface area contributed by atoms with Crippen LogP contribution in [0.25, 0.3) is 0 Å². The van der Waals surface area contributed by atoms with Gasteiger partial charge >= 0.3 is 5.97 Å². The molecule has 0 aromatic heterocycles. The summed E-state index contributed by atoms with van der Waals surface area (Å²) in [4.78, 5) is 16.7. The van der Waals surface area contributed by atoms with Crippen LogP contribution >= 0.6 is 0 Å². The zero-order valence-corrected chi connectivity index (χ0v) is 11.7. The monoisotopic (exact) mass is 280 g/mol. The maximum absolute atomic E-state index is 12.3. The van der Waals surface area contributed by atoms with Gasteiger partial charge in [-0.2, -0.15) is 0 Å². The number of nitrogens with zero attached hydrogens (tertiary/aromatic N) is 1. The SMILES string of the molecule is CCOC(=O)C1(Nc2ccccc2)N=C1c1ccccc1. The number of anilines is 1. The minimum absolute atomic E-state index is 0.328. The molecule has 1 aliphatic rings. The van der Waals surface area contributed by atoms with E-state index in [0.717, 1.165) is 11.3 Å². The van der Waals surface area contributed by atoms with Crippen molar-refractivity contribution in [3.05, 3.63) is 66.2 Å². The van der Waals surface area contributed by atoms with E-state index in [1.807, 2.05) is 60.7 Å². The molecule has 0 fully saturated rings. The molecule has 2 aromatic rings. The van der Waals surface area contributed by atoms with Crippen LogP contribution in [-0.4, -0.2) is 24.0 Å². The molecule has 1 atom stereocenters. The van der Waals surface area contributed by atoms with Crippen LogP contribution in [0.5, 0.6) is 0 Å². The molecule has 3 rings (SSSR count). The average Bonchev–Trinajstić information content (AvgIpc) is 3.25. The topological polar surface area (TPSA) is 50.7 Å². The lowest BCUT2D eigenvalue weighted by molar-refractivity contribution is -0.144. The molecule has 1 aliphatic heterocycles. The van der Waals surface area contributed by atoms with Gasteiger partial charge in [0.25, 0.3) is 5.66 Å². The zero-order chi connectivity index (χ0) is 14.7. The summed E-state index contributed by atoms with van der Waals surface area (Å²) in [7, 11) is 0. The van der Waals surface area contributed by atoms with Crippen molar-refractivity contribution in [3.63, 3.8) is 0 Å². The second kappa shape index (κ2) is 5.40. The van der Waals surface area contributed by atoms with Gasteiger partial charge in [-0.3, -0.25) is 0 Å². The van der Waals surface area contributed by atoms with Gasteiger partial charge in [-0.1, -0.05) is 48.5 Å². The minimum Gasteiger partial charge on any atom is -0.462 e. The summed E-state index contributed by atoms with van der Waals surface area (Å²) < 4.78 is 5.18. The molecule has 0 amide bonds. The van der Waals surface area contributed by atoms with Gasteiger partial charge in [0.1, 0.15) is 5.71 Å². The Bertz CT molecular complexity index is 668. The van der Waals surface area contributed by atoms with Crippen molar-refractivity contribution in [1.29, 1.82) is 0 Å². The average molecular weight is 280 g/mol. The highest BCUT2D eigenvalue weighted by molar-refractivity contribution is 6.30. The second-order valence-corrected chi connectivity index (χ2v) is 4.75. The molecular weight excluding hydrogens is 264 g/mol. The number of nitrogens with one attached hydrogen (secondary N) is 1. The molecule has 106 valence electrons. The van der Waals surface area contributed by atoms with E-state index in [2.05, 4.69) is 10.3 Å². The number of hydrogen-bond acceptors (Lipinski definition) is 4. The van der Waals surface area contributed by atoms with Crippen LogP contribution in [0, 0.1) is 0 Å². The van der Waals surface area contributed by atoms with Crippen molar-refractivity contribution >= 4 is 17.4 Å². The molecule has 0 saturated carbocycles. The Balaban J connectivity index is 1.87. The molecule has 2 aromatic carbocycles. The van der Waals surface area contributed by atoms with Gasteiger partial charge in [0.05, 0.1) is 6.61 Å². The maximum Gasteiger partial charge on any atom is 0.361 e. The minimum atomic E-state index is -1.08. The summed E-state index contributed by atoms with van der Waals surface area (Å²) in [6.07, 6.45) is 0. The van der Waals surface area contributed by atoms with Crippen LogP contribution in [0.15, 0.2) is 65.7 Å². The maximum atomic E-state index is 12.3. The zero-order valence-electron chi connectivity index (χ0n) is 11.7. The van der Waals surface area contributed by atoms with Crippen LogP contribution in [0.4, 0.5) is 5.69 Å². The third-order valence-electron chi connectivity index (χ3n) is 3.29. The van der Waals surface area contributed by atoms with Crippen LogP contribution in [0.1, 0.15) is 12.5 Å². The summed E-state index contributed by atoms with van der Waals surface area (Å²) in [6.45, 7) is 2.12. The standard InChI is InChI=1S/C17H16N2O2/c1-2-21-16(20)17(18-14-11-7-4-8-12-14)15(19-17)13-9-5-3-6-10-13/h3-12,18H,2H2,1H3. The molecule has 0 aliphatic carbocycles. The summed E-state index contributed by atoms with van der Waals surface area (Å²) in [5.74, 6) is -0.368. The lowest BCUT2D eigenvalue weighted by Gasteiger charge is -2.17. The Hall–Kier alpha value is -2.62. The Labute approximate surface area is 123 Å². The Kier molecular flexibility index (Phi) is 3.44. The van der Waals surface area contributed by atoms with Crippen LogP contribution in [0.3, 0.4) is 0 Å². The van der Waals surface area contributed by atoms with E-state index in [1.165, 1.54) is 0 Å². The predicted octanol–water partition coefficient (Wildman–Crippen LogP) is 2.86. The van der Waals surface area contributed by atoms with Crippen molar-refractivity contribution in [2.75, 3.05) is 11.9 Å². The Morgan fingerprint density at radius 3 is 2.33 bits per heavy atom. The number of rotatable bonds is 5. The first-order valence-electron chi connectivity index (χ1n) is 6.92. The molecule has 0 spiro atoms. The smallest absolute Gasteiger partial charge is 0.361 e. The summed E-state index contributed by atoms with van der Waals surface area (Å²) in [6, 6.07) is 19.2. The van der Waals surface area contributed by atoms with Gasteiger partial charge in [-0.05, 0) is 19.1 Å². The van der Waals surface area contributed by atoms with Gasteiger partial charge in [0.15, 0.2) is 0 Å². The van der Waals surface area contributed by atoms with Crippen molar-refractivity contribution in [2.24, 2.45) is 4.99 Å². The first-order chi connectivity index (χ1) is 10.3. The number of benzene rings is 2.